The normalized spacial score (nSPS) is 27.5. The maximum absolute atomic E-state index is 13.2. The van der Waals surface area contributed by atoms with Gasteiger partial charge in [0.15, 0.2) is 0 Å². The Bertz CT molecular complexity index is 586. The molecule has 1 saturated carbocycles. The summed E-state index contributed by atoms with van der Waals surface area (Å²) in [6, 6.07) is 0. The summed E-state index contributed by atoms with van der Waals surface area (Å²) in [6.07, 6.45) is 9.61. The highest BCUT2D eigenvalue weighted by atomic mass is 35.5. The highest BCUT2D eigenvalue weighted by Gasteiger charge is 2.50. The lowest BCUT2D eigenvalue weighted by atomic mass is 9.67. The van der Waals surface area contributed by atoms with Crippen LogP contribution in [-0.2, 0) is 24.2 Å². The van der Waals surface area contributed by atoms with Gasteiger partial charge in [-0.2, -0.15) is 0 Å². The molecule has 2 heterocycles. The van der Waals surface area contributed by atoms with Crippen LogP contribution < -0.4 is 5.32 Å². The molecule has 4 rings (SSSR count). The van der Waals surface area contributed by atoms with Crippen molar-refractivity contribution >= 4 is 42.1 Å². The first-order valence-corrected chi connectivity index (χ1v) is 9.94. The Morgan fingerprint density at radius 2 is 2.08 bits per heavy atom. The molecular formula is C18H29Cl2N3OS. The first kappa shape index (κ1) is 20.9. The Morgan fingerprint density at radius 3 is 2.88 bits per heavy atom. The fraction of sp³-hybridized carbons (Fsp3) is 0.778. The molecule has 1 amide bonds. The molecule has 0 spiro atoms. The molecule has 0 unspecified atom stereocenters. The number of amides is 1. The Balaban J connectivity index is 0.00000113. The number of fused-ring (bicyclic) bond motifs is 2. The number of carbonyl (C=O) groups excluding carboxylic acids is 1. The molecule has 7 heteroatoms. The quantitative estimate of drug-likeness (QED) is 0.834. The number of nitrogens with one attached hydrogen (secondary N) is 1. The second-order valence-electron chi connectivity index (χ2n) is 7.58. The van der Waals surface area contributed by atoms with Gasteiger partial charge < -0.3 is 10.2 Å². The lowest BCUT2D eigenvalue weighted by Gasteiger charge is -2.39. The minimum absolute atomic E-state index is 0. The van der Waals surface area contributed by atoms with Crippen molar-refractivity contribution in [3.05, 3.63) is 15.6 Å². The molecule has 3 aliphatic rings. The predicted molar refractivity (Wildman–Crippen MR) is 107 cm³/mol. The minimum Gasteiger partial charge on any atom is -0.338 e. The molecule has 0 bridgehead atoms. The SMILES string of the molecule is CN(Cc1nc2c(s1)CCCC2)C(=O)[C@@]12CCCC[C@H]1CNC2.Cl.Cl. The molecule has 2 aliphatic carbocycles. The van der Waals surface area contributed by atoms with Crippen LogP contribution in [0.1, 0.15) is 54.1 Å². The largest absolute Gasteiger partial charge is 0.338 e. The highest BCUT2D eigenvalue weighted by Crippen LogP contribution is 2.45. The molecule has 142 valence electrons. The standard InChI is InChI=1S/C18H27N3OS.2ClH/c1-21(11-16-20-14-7-2-3-8-15(14)23-16)17(22)18-9-5-4-6-13(18)10-19-12-18;;/h13,19H,2-12H2,1H3;2*1H/t13-,18+;;/m0../s1. The summed E-state index contributed by atoms with van der Waals surface area (Å²) in [5.41, 5.74) is 1.16. The number of hydrogen-bond donors (Lipinski definition) is 1. The smallest absolute Gasteiger partial charge is 0.230 e. The van der Waals surface area contributed by atoms with E-state index in [0.29, 0.717) is 18.4 Å². The van der Waals surface area contributed by atoms with Gasteiger partial charge in [-0.25, -0.2) is 4.98 Å². The van der Waals surface area contributed by atoms with Crippen molar-refractivity contribution < 1.29 is 4.79 Å². The molecule has 1 aliphatic heterocycles. The molecule has 0 aromatic carbocycles. The molecule has 1 aromatic heterocycles. The molecule has 1 N–H and O–H groups in total. The van der Waals surface area contributed by atoms with Crippen LogP contribution >= 0.6 is 36.2 Å². The van der Waals surface area contributed by atoms with Gasteiger partial charge in [0, 0.05) is 18.5 Å². The van der Waals surface area contributed by atoms with E-state index in [9.17, 15) is 4.79 Å². The molecule has 1 saturated heterocycles. The van der Waals surface area contributed by atoms with Crippen LogP contribution in [0.4, 0.5) is 0 Å². The van der Waals surface area contributed by atoms with Gasteiger partial charge in [0.25, 0.3) is 0 Å². The fourth-order valence-corrected chi connectivity index (χ4v) is 6.01. The van der Waals surface area contributed by atoms with Crippen LogP contribution in [0.25, 0.3) is 0 Å². The molecule has 25 heavy (non-hydrogen) atoms. The van der Waals surface area contributed by atoms with E-state index in [-0.39, 0.29) is 30.2 Å². The third-order valence-corrected chi connectivity index (χ3v) is 7.22. The number of thiazole rings is 1. The molecular weight excluding hydrogens is 377 g/mol. The zero-order valence-corrected chi connectivity index (χ0v) is 17.3. The predicted octanol–water partition coefficient (Wildman–Crippen LogP) is 3.60. The van der Waals surface area contributed by atoms with Gasteiger partial charge in [-0.05, 0) is 51.0 Å². The monoisotopic (exact) mass is 405 g/mol. The lowest BCUT2D eigenvalue weighted by Crippen LogP contribution is -2.48. The van der Waals surface area contributed by atoms with Crippen LogP contribution in [0.3, 0.4) is 0 Å². The van der Waals surface area contributed by atoms with Gasteiger partial charge in [0.2, 0.25) is 5.91 Å². The molecule has 1 aromatic rings. The summed E-state index contributed by atoms with van der Waals surface area (Å²) in [7, 11) is 1.97. The van der Waals surface area contributed by atoms with E-state index >= 15 is 0 Å². The minimum atomic E-state index is -0.135. The Hall–Kier alpha value is -0.360. The van der Waals surface area contributed by atoms with Crippen LogP contribution in [0.2, 0.25) is 0 Å². The van der Waals surface area contributed by atoms with Gasteiger partial charge in [-0.1, -0.05) is 12.8 Å². The number of aromatic nitrogens is 1. The zero-order valence-electron chi connectivity index (χ0n) is 14.9. The van der Waals surface area contributed by atoms with Crippen molar-refractivity contribution in [3.8, 4) is 0 Å². The van der Waals surface area contributed by atoms with E-state index in [4.69, 9.17) is 4.98 Å². The number of aryl methyl sites for hydroxylation is 2. The number of carbonyl (C=O) groups is 1. The Labute approximate surface area is 167 Å². The number of hydrogen-bond acceptors (Lipinski definition) is 4. The van der Waals surface area contributed by atoms with Crippen LogP contribution in [0, 0.1) is 11.3 Å². The van der Waals surface area contributed by atoms with Gasteiger partial charge in [0.1, 0.15) is 5.01 Å². The number of rotatable bonds is 3. The first-order valence-electron chi connectivity index (χ1n) is 9.13. The summed E-state index contributed by atoms with van der Waals surface area (Å²) in [6.45, 7) is 2.57. The second-order valence-corrected chi connectivity index (χ2v) is 8.74. The van der Waals surface area contributed by atoms with E-state index < -0.39 is 0 Å². The van der Waals surface area contributed by atoms with Gasteiger partial charge >= 0.3 is 0 Å². The van der Waals surface area contributed by atoms with E-state index in [1.54, 1.807) is 0 Å². The molecule has 2 fully saturated rings. The van der Waals surface area contributed by atoms with Gasteiger partial charge in [0.05, 0.1) is 17.7 Å². The summed E-state index contributed by atoms with van der Waals surface area (Å²) in [5.74, 6) is 0.885. The topological polar surface area (TPSA) is 45.2 Å². The molecule has 4 nitrogen and oxygen atoms in total. The number of nitrogens with zero attached hydrogens (tertiary/aromatic N) is 2. The summed E-state index contributed by atoms with van der Waals surface area (Å²) >= 11 is 1.83. The zero-order chi connectivity index (χ0) is 15.9. The van der Waals surface area contributed by atoms with Gasteiger partial charge in [-0.15, -0.1) is 36.2 Å². The third kappa shape index (κ3) is 3.85. The second kappa shape index (κ2) is 8.55. The number of halogens is 2. The third-order valence-electron chi connectivity index (χ3n) is 6.07. The van der Waals surface area contributed by atoms with E-state index in [1.165, 1.54) is 49.1 Å². The Morgan fingerprint density at radius 1 is 1.28 bits per heavy atom. The summed E-state index contributed by atoms with van der Waals surface area (Å²) < 4.78 is 0. The van der Waals surface area contributed by atoms with Crippen molar-refractivity contribution in [3.63, 3.8) is 0 Å². The maximum Gasteiger partial charge on any atom is 0.230 e. The van der Waals surface area contributed by atoms with Crippen molar-refractivity contribution in [2.75, 3.05) is 20.1 Å². The summed E-state index contributed by atoms with van der Waals surface area (Å²) in [5, 5.41) is 4.61. The maximum atomic E-state index is 13.2. The molecule has 2 atom stereocenters. The molecule has 0 radical (unpaired) electrons. The fourth-order valence-electron chi connectivity index (χ4n) is 4.80. The first-order chi connectivity index (χ1) is 11.2. The highest BCUT2D eigenvalue weighted by molar-refractivity contribution is 7.11. The van der Waals surface area contributed by atoms with Crippen molar-refractivity contribution in [1.29, 1.82) is 0 Å². The van der Waals surface area contributed by atoms with Gasteiger partial charge in [-0.3, -0.25) is 4.79 Å². The van der Waals surface area contributed by atoms with E-state index in [0.717, 1.165) is 30.9 Å². The van der Waals surface area contributed by atoms with E-state index in [1.807, 2.05) is 23.3 Å². The summed E-state index contributed by atoms with van der Waals surface area (Å²) in [4.78, 5) is 21.4. The van der Waals surface area contributed by atoms with Crippen molar-refractivity contribution in [1.82, 2.24) is 15.2 Å². The van der Waals surface area contributed by atoms with Crippen molar-refractivity contribution in [2.45, 2.75) is 57.9 Å². The van der Waals surface area contributed by atoms with Crippen LogP contribution in [0.5, 0.6) is 0 Å². The van der Waals surface area contributed by atoms with Crippen molar-refractivity contribution in [2.24, 2.45) is 11.3 Å². The van der Waals surface area contributed by atoms with Crippen LogP contribution in [0.15, 0.2) is 0 Å². The van der Waals surface area contributed by atoms with Crippen LogP contribution in [-0.4, -0.2) is 35.9 Å². The lowest BCUT2D eigenvalue weighted by molar-refractivity contribution is -0.144. The average molecular weight is 406 g/mol. The average Bonchev–Trinajstić information content (AvgIpc) is 3.17. The Kier molecular flexibility index (Phi) is 7.17. The van der Waals surface area contributed by atoms with E-state index in [2.05, 4.69) is 5.32 Å².